The van der Waals surface area contributed by atoms with Crippen LogP contribution in [-0.4, -0.2) is 40.5 Å². The number of fused-ring (bicyclic) bond motifs is 1. The molecular formula is C23H21N5O2. The number of carbonyl (C=O) groups excluding carboxylic acids is 1. The molecule has 4 aromatic rings. The molecule has 2 aromatic heterocycles. The van der Waals surface area contributed by atoms with Crippen molar-refractivity contribution in [2.45, 2.75) is 6.61 Å². The van der Waals surface area contributed by atoms with E-state index in [0.29, 0.717) is 19.7 Å². The van der Waals surface area contributed by atoms with Crippen molar-refractivity contribution in [2.24, 2.45) is 0 Å². The van der Waals surface area contributed by atoms with Crippen molar-refractivity contribution in [1.82, 2.24) is 20.3 Å². The topological polar surface area (TPSA) is 83.1 Å². The summed E-state index contributed by atoms with van der Waals surface area (Å²) < 4.78 is 5.87. The molecule has 0 radical (unpaired) electrons. The zero-order valence-electron chi connectivity index (χ0n) is 16.3. The molecule has 3 heterocycles. The Morgan fingerprint density at radius 3 is 2.67 bits per heavy atom. The zero-order chi connectivity index (χ0) is 20.3. The number of benzene rings is 2. The summed E-state index contributed by atoms with van der Waals surface area (Å²) in [5, 5.41) is 3.75. The molecule has 0 spiro atoms. The van der Waals surface area contributed by atoms with Crippen LogP contribution in [-0.2, 0) is 11.4 Å². The molecule has 2 aromatic carbocycles. The third-order valence-electron chi connectivity index (χ3n) is 5.16. The van der Waals surface area contributed by atoms with Gasteiger partial charge in [0.25, 0.3) is 0 Å². The summed E-state index contributed by atoms with van der Waals surface area (Å²) in [6.07, 6.45) is 1.53. The van der Waals surface area contributed by atoms with Crippen LogP contribution in [0.3, 0.4) is 0 Å². The SMILES string of the molecule is O=C1CN(c2ncnc3[nH]c(-c4ccc(OCc5ccccc5)cc4)cc23)CCN1. The molecule has 7 heteroatoms. The Morgan fingerprint density at radius 1 is 1.03 bits per heavy atom. The molecule has 150 valence electrons. The summed E-state index contributed by atoms with van der Waals surface area (Å²) in [7, 11) is 0. The van der Waals surface area contributed by atoms with Crippen LogP contribution in [0.2, 0.25) is 0 Å². The van der Waals surface area contributed by atoms with E-state index in [0.717, 1.165) is 46.0 Å². The van der Waals surface area contributed by atoms with Crippen LogP contribution in [0, 0.1) is 0 Å². The number of carbonyl (C=O) groups is 1. The van der Waals surface area contributed by atoms with Gasteiger partial charge in [0.05, 0.1) is 11.9 Å². The zero-order valence-corrected chi connectivity index (χ0v) is 16.3. The Hall–Kier alpha value is -3.87. The summed E-state index contributed by atoms with van der Waals surface area (Å²) in [5.41, 5.74) is 3.87. The molecule has 0 unspecified atom stereocenters. The largest absolute Gasteiger partial charge is 0.489 e. The van der Waals surface area contributed by atoms with Gasteiger partial charge in [-0.2, -0.15) is 0 Å². The number of nitrogens with zero attached hydrogens (tertiary/aromatic N) is 3. The van der Waals surface area contributed by atoms with Crippen molar-refractivity contribution >= 4 is 22.8 Å². The maximum absolute atomic E-state index is 11.8. The van der Waals surface area contributed by atoms with Crippen molar-refractivity contribution in [3.05, 3.63) is 72.6 Å². The van der Waals surface area contributed by atoms with E-state index in [1.54, 1.807) is 0 Å². The summed E-state index contributed by atoms with van der Waals surface area (Å²) in [4.78, 5) is 25.9. The number of anilines is 1. The van der Waals surface area contributed by atoms with Crippen LogP contribution < -0.4 is 15.0 Å². The molecule has 1 fully saturated rings. The lowest BCUT2D eigenvalue weighted by atomic mass is 10.1. The number of amides is 1. The summed E-state index contributed by atoms with van der Waals surface area (Å²) in [6, 6.07) is 20.1. The smallest absolute Gasteiger partial charge is 0.239 e. The maximum atomic E-state index is 11.8. The Morgan fingerprint density at radius 2 is 1.87 bits per heavy atom. The fourth-order valence-corrected chi connectivity index (χ4v) is 3.63. The first kappa shape index (κ1) is 18.2. The molecule has 7 nitrogen and oxygen atoms in total. The first-order chi connectivity index (χ1) is 14.8. The fraction of sp³-hybridized carbons (Fsp3) is 0.174. The molecule has 0 aliphatic carbocycles. The van der Waals surface area contributed by atoms with Crippen LogP contribution in [0.5, 0.6) is 5.75 Å². The molecule has 2 N–H and O–H groups in total. The molecule has 1 amide bonds. The monoisotopic (exact) mass is 399 g/mol. The molecule has 1 saturated heterocycles. The predicted molar refractivity (Wildman–Crippen MR) is 115 cm³/mol. The number of ether oxygens (including phenoxy) is 1. The third kappa shape index (κ3) is 3.69. The van der Waals surface area contributed by atoms with Gasteiger partial charge < -0.3 is 19.9 Å². The lowest BCUT2D eigenvalue weighted by Gasteiger charge is -2.27. The third-order valence-corrected chi connectivity index (χ3v) is 5.16. The number of aromatic amines is 1. The number of hydrogen-bond acceptors (Lipinski definition) is 5. The second-order valence-electron chi connectivity index (χ2n) is 7.21. The highest BCUT2D eigenvalue weighted by atomic mass is 16.5. The molecule has 30 heavy (non-hydrogen) atoms. The van der Waals surface area contributed by atoms with Gasteiger partial charge in [-0.1, -0.05) is 30.3 Å². The normalized spacial score (nSPS) is 14.0. The minimum atomic E-state index is 0.00913. The molecule has 1 aliphatic rings. The van der Waals surface area contributed by atoms with Gasteiger partial charge in [0.2, 0.25) is 5.91 Å². The van der Waals surface area contributed by atoms with Gasteiger partial charge in [0.1, 0.15) is 30.1 Å². The Kier molecular flexibility index (Phi) is 4.77. The Balaban J connectivity index is 1.37. The molecule has 0 saturated carbocycles. The number of rotatable bonds is 5. The standard InChI is InChI=1S/C23H21N5O2/c29-21-13-28(11-10-24-21)23-19-12-20(27-22(19)25-15-26-23)17-6-8-18(9-7-17)30-14-16-4-2-1-3-5-16/h1-9,12,15H,10-11,13-14H2,(H,24,29)(H,25,26,27). The second kappa shape index (κ2) is 7.87. The molecular weight excluding hydrogens is 378 g/mol. The van der Waals surface area contributed by atoms with E-state index in [4.69, 9.17) is 4.74 Å². The highest BCUT2D eigenvalue weighted by Crippen LogP contribution is 2.29. The van der Waals surface area contributed by atoms with Crippen LogP contribution in [0.4, 0.5) is 5.82 Å². The molecule has 1 aliphatic heterocycles. The summed E-state index contributed by atoms with van der Waals surface area (Å²) in [5.74, 6) is 1.61. The number of piperazine rings is 1. The predicted octanol–water partition coefficient (Wildman–Crippen LogP) is 3.14. The van der Waals surface area contributed by atoms with E-state index in [1.165, 1.54) is 6.33 Å². The van der Waals surface area contributed by atoms with Crippen molar-refractivity contribution in [3.63, 3.8) is 0 Å². The minimum Gasteiger partial charge on any atom is -0.489 e. The van der Waals surface area contributed by atoms with Crippen molar-refractivity contribution in [2.75, 3.05) is 24.5 Å². The highest BCUT2D eigenvalue weighted by molar-refractivity contribution is 5.94. The van der Waals surface area contributed by atoms with Crippen molar-refractivity contribution < 1.29 is 9.53 Å². The van der Waals surface area contributed by atoms with Crippen molar-refractivity contribution in [1.29, 1.82) is 0 Å². The maximum Gasteiger partial charge on any atom is 0.239 e. The fourth-order valence-electron chi connectivity index (χ4n) is 3.63. The second-order valence-corrected chi connectivity index (χ2v) is 7.21. The number of H-pyrrole nitrogens is 1. The average Bonchev–Trinajstić information content (AvgIpc) is 3.23. The minimum absolute atomic E-state index is 0.00913. The van der Waals surface area contributed by atoms with Gasteiger partial charge in [0, 0.05) is 18.8 Å². The average molecular weight is 399 g/mol. The summed E-state index contributed by atoms with van der Waals surface area (Å²) >= 11 is 0. The van der Waals surface area contributed by atoms with Gasteiger partial charge in [0.15, 0.2) is 0 Å². The first-order valence-electron chi connectivity index (χ1n) is 9.89. The van der Waals surface area contributed by atoms with Crippen LogP contribution in [0.15, 0.2) is 67.0 Å². The highest BCUT2D eigenvalue weighted by Gasteiger charge is 2.20. The van der Waals surface area contributed by atoms with E-state index >= 15 is 0 Å². The number of aromatic nitrogens is 3. The van der Waals surface area contributed by atoms with Gasteiger partial charge in [-0.15, -0.1) is 0 Å². The van der Waals surface area contributed by atoms with E-state index in [1.807, 2.05) is 65.6 Å². The van der Waals surface area contributed by atoms with E-state index in [2.05, 4.69) is 20.3 Å². The lowest BCUT2D eigenvalue weighted by Crippen LogP contribution is -2.48. The Labute approximate surface area is 173 Å². The van der Waals surface area contributed by atoms with Gasteiger partial charge in [-0.05, 0) is 41.5 Å². The molecule has 5 rings (SSSR count). The first-order valence-corrected chi connectivity index (χ1v) is 9.89. The van der Waals surface area contributed by atoms with Gasteiger partial charge in [-0.3, -0.25) is 4.79 Å². The van der Waals surface area contributed by atoms with E-state index < -0.39 is 0 Å². The van der Waals surface area contributed by atoms with Crippen molar-refractivity contribution in [3.8, 4) is 17.0 Å². The van der Waals surface area contributed by atoms with Gasteiger partial charge in [-0.25, -0.2) is 9.97 Å². The molecule has 0 bridgehead atoms. The quantitative estimate of drug-likeness (QED) is 0.539. The van der Waals surface area contributed by atoms with Crippen LogP contribution in [0.1, 0.15) is 5.56 Å². The summed E-state index contributed by atoms with van der Waals surface area (Å²) in [6.45, 7) is 2.19. The lowest BCUT2D eigenvalue weighted by molar-refractivity contribution is -0.120. The van der Waals surface area contributed by atoms with E-state index in [9.17, 15) is 4.79 Å². The number of hydrogen-bond donors (Lipinski definition) is 2. The van der Waals surface area contributed by atoms with Gasteiger partial charge >= 0.3 is 0 Å². The molecule has 0 atom stereocenters. The number of nitrogens with one attached hydrogen (secondary N) is 2. The van der Waals surface area contributed by atoms with Crippen LogP contribution >= 0.6 is 0 Å². The Bertz CT molecular complexity index is 1170. The van der Waals surface area contributed by atoms with Crippen LogP contribution in [0.25, 0.3) is 22.3 Å². The van der Waals surface area contributed by atoms with E-state index in [-0.39, 0.29) is 5.91 Å².